The predicted octanol–water partition coefficient (Wildman–Crippen LogP) is 5.92. The summed E-state index contributed by atoms with van der Waals surface area (Å²) in [6, 6.07) is 9.69. The molecule has 3 aromatic carbocycles. The van der Waals surface area contributed by atoms with Crippen molar-refractivity contribution < 1.29 is 49.5 Å². The lowest BCUT2D eigenvalue weighted by molar-refractivity contribution is -0.143. The number of rotatable bonds is 6. The summed E-state index contributed by atoms with van der Waals surface area (Å²) in [4.78, 5) is 41.8. The van der Waals surface area contributed by atoms with E-state index in [4.69, 9.17) is 0 Å². The van der Waals surface area contributed by atoms with Gasteiger partial charge in [0.15, 0.2) is 11.6 Å². The van der Waals surface area contributed by atoms with Crippen molar-refractivity contribution in [1.82, 2.24) is 15.1 Å². The van der Waals surface area contributed by atoms with Crippen LogP contribution in [-0.2, 0) is 17.1 Å². The lowest BCUT2D eigenvalue weighted by Gasteiger charge is -2.33. The third-order valence-electron chi connectivity index (χ3n) is 7.50. The molecule has 4 amide bonds. The molecule has 0 saturated carbocycles. The molecular weight excluding hydrogens is 616 g/mol. The largest absolute Gasteiger partial charge is 0.416 e. The van der Waals surface area contributed by atoms with Crippen molar-refractivity contribution in [3.05, 3.63) is 101 Å². The minimum atomic E-state index is -5.15. The van der Waals surface area contributed by atoms with Gasteiger partial charge in [-0.1, -0.05) is 24.3 Å². The van der Waals surface area contributed by atoms with Crippen LogP contribution in [0, 0.1) is 11.6 Å². The lowest BCUT2D eigenvalue weighted by Crippen LogP contribution is -2.48. The van der Waals surface area contributed by atoms with Gasteiger partial charge in [0.05, 0.1) is 23.7 Å². The van der Waals surface area contributed by atoms with Gasteiger partial charge >= 0.3 is 18.4 Å². The average molecular weight is 643 g/mol. The van der Waals surface area contributed by atoms with E-state index in [9.17, 15) is 49.5 Å². The Balaban J connectivity index is 1.60. The minimum Gasteiger partial charge on any atom is -0.343 e. The summed E-state index contributed by atoms with van der Waals surface area (Å²) in [6.45, 7) is -0.776. The van der Waals surface area contributed by atoms with E-state index in [-0.39, 0.29) is 24.7 Å². The molecule has 0 bridgehead atoms. The van der Waals surface area contributed by atoms with Crippen molar-refractivity contribution in [2.24, 2.45) is 0 Å². The highest BCUT2D eigenvalue weighted by Crippen LogP contribution is 2.39. The molecular formula is C30H26F8N4O3. The first kappa shape index (κ1) is 33.2. The summed E-state index contributed by atoms with van der Waals surface area (Å²) in [5.74, 6) is -4.33. The third-order valence-corrected chi connectivity index (χ3v) is 7.50. The van der Waals surface area contributed by atoms with E-state index in [0.717, 1.165) is 24.1 Å². The van der Waals surface area contributed by atoms with Crippen LogP contribution in [0.5, 0.6) is 0 Å². The van der Waals surface area contributed by atoms with E-state index in [1.165, 1.54) is 30.1 Å². The molecule has 1 saturated heterocycles. The number of anilines is 1. The SMILES string of the molecule is CN(C(=O)N(C)[C@@H]1CN(C(=O)CNC(=O)c2ccccc2)C[C@H]1c1ccc(F)c(F)c1)c1cc(C(F)(F)F)cc(C(F)(F)F)c1. The number of halogens is 8. The van der Waals surface area contributed by atoms with Crippen LogP contribution in [-0.4, -0.2) is 67.4 Å². The minimum absolute atomic E-state index is 0.0678. The molecule has 1 fully saturated rings. The van der Waals surface area contributed by atoms with E-state index >= 15 is 0 Å². The molecule has 7 nitrogen and oxygen atoms in total. The van der Waals surface area contributed by atoms with Gasteiger partial charge in [-0.05, 0) is 48.0 Å². The zero-order valence-electron chi connectivity index (χ0n) is 23.7. The van der Waals surface area contributed by atoms with E-state index < -0.39 is 77.2 Å². The first-order valence-corrected chi connectivity index (χ1v) is 13.3. The Morgan fingerprint density at radius 1 is 0.822 bits per heavy atom. The summed E-state index contributed by atoms with van der Waals surface area (Å²) >= 11 is 0. The maximum atomic E-state index is 14.2. The van der Waals surface area contributed by atoms with Gasteiger partial charge in [0.25, 0.3) is 5.91 Å². The molecule has 1 aliphatic rings. The summed E-state index contributed by atoms with van der Waals surface area (Å²) in [5.41, 5.74) is -3.47. The summed E-state index contributed by atoms with van der Waals surface area (Å²) in [7, 11) is 2.21. The van der Waals surface area contributed by atoms with Crippen molar-refractivity contribution in [1.29, 1.82) is 0 Å². The zero-order chi connectivity index (χ0) is 33.3. The molecule has 45 heavy (non-hydrogen) atoms. The number of nitrogens with one attached hydrogen (secondary N) is 1. The van der Waals surface area contributed by atoms with Crippen molar-refractivity contribution in [3.8, 4) is 0 Å². The lowest BCUT2D eigenvalue weighted by atomic mass is 9.93. The first-order valence-electron chi connectivity index (χ1n) is 13.3. The topological polar surface area (TPSA) is 73.0 Å². The van der Waals surface area contributed by atoms with Crippen LogP contribution < -0.4 is 10.2 Å². The standard InChI is InChI=1S/C30H26F8N4O3/c1-40(21-12-19(29(33,34)35)11-20(13-21)30(36,37)38)28(45)41(2)25-16-42(15-22(25)18-8-9-23(31)24(32)10-18)26(43)14-39-27(44)17-6-4-3-5-7-17/h3-13,22,25H,14-16H2,1-2H3,(H,39,44)/t22-,25+/m0/s1. The number of amides is 4. The molecule has 0 unspecified atom stereocenters. The van der Waals surface area contributed by atoms with Gasteiger partial charge in [-0.15, -0.1) is 0 Å². The highest BCUT2D eigenvalue weighted by molar-refractivity contribution is 5.96. The highest BCUT2D eigenvalue weighted by Gasteiger charge is 2.42. The quantitative estimate of drug-likeness (QED) is 0.340. The normalized spacial score (nSPS) is 16.8. The molecule has 1 aliphatic heterocycles. The fourth-order valence-corrected chi connectivity index (χ4v) is 5.03. The molecule has 3 aromatic rings. The number of alkyl halides is 6. The Labute approximate surface area is 252 Å². The van der Waals surface area contributed by atoms with Crippen molar-refractivity contribution in [2.45, 2.75) is 24.3 Å². The van der Waals surface area contributed by atoms with Crippen LogP contribution in [0.15, 0.2) is 66.7 Å². The number of likely N-dealkylation sites (N-methyl/N-ethyl adjacent to an activating group) is 1. The maximum Gasteiger partial charge on any atom is 0.416 e. The van der Waals surface area contributed by atoms with Crippen LogP contribution in [0.2, 0.25) is 0 Å². The van der Waals surface area contributed by atoms with E-state index in [1.807, 2.05) is 0 Å². The van der Waals surface area contributed by atoms with Gasteiger partial charge in [-0.25, -0.2) is 13.6 Å². The zero-order valence-corrected chi connectivity index (χ0v) is 23.7. The summed E-state index contributed by atoms with van der Waals surface area (Å²) in [5, 5.41) is 2.48. The number of urea groups is 1. The second kappa shape index (κ2) is 12.7. The Kier molecular flexibility index (Phi) is 9.40. The number of likely N-dealkylation sites (tertiary alicyclic amines) is 1. The van der Waals surface area contributed by atoms with Gasteiger partial charge in [0.1, 0.15) is 0 Å². The van der Waals surface area contributed by atoms with E-state index in [2.05, 4.69) is 5.32 Å². The number of nitrogens with zero attached hydrogens (tertiary/aromatic N) is 3. The molecule has 15 heteroatoms. The molecule has 0 aliphatic carbocycles. The van der Waals surface area contributed by atoms with Crippen molar-refractivity contribution in [3.63, 3.8) is 0 Å². The first-order chi connectivity index (χ1) is 21.0. The fraction of sp³-hybridized carbons (Fsp3) is 0.300. The predicted molar refractivity (Wildman–Crippen MR) is 146 cm³/mol. The number of hydrogen-bond donors (Lipinski definition) is 1. The Hall–Kier alpha value is -4.69. The summed E-state index contributed by atoms with van der Waals surface area (Å²) < 4.78 is 108. The molecule has 1 N–H and O–H groups in total. The molecule has 1 heterocycles. The molecule has 240 valence electrons. The van der Waals surface area contributed by atoms with E-state index in [1.54, 1.807) is 18.2 Å². The molecule has 0 radical (unpaired) electrons. The van der Waals surface area contributed by atoms with E-state index in [0.29, 0.717) is 22.6 Å². The van der Waals surface area contributed by atoms with Crippen molar-refractivity contribution >= 4 is 23.5 Å². The van der Waals surface area contributed by atoms with Gasteiger partial charge in [-0.2, -0.15) is 26.3 Å². The van der Waals surface area contributed by atoms with Gasteiger partial charge in [0, 0.05) is 44.4 Å². The number of hydrogen-bond acceptors (Lipinski definition) is 3. The average Bonchev–Trinajstić information content (AvgIpc) is 3.45. The Morgan fingerprint density at radius 3 is 1.98 bits per heavy atom. The Bertz CT molecular complexity index is 1550. The molecule has 0 aromatic heterocycles. The summed E-state index contributed by atoms with van der Waals surface area (Å²) in [6.07, 6.45) is -10.3. The fourth-order valence-electron chi connectivity index (χ4n) is 5.03. The maximum absolute atomic E-state index is 14.2. The van der Waals surface area contributed by atoms with Gasteiger partial charge < -0.3 is 15.1 Å². The second-order valence-corrected chi connectivity index (χ2v) is 10.4. The van der Waals surface area contributed by atoms with Crippen LogP contribution >= 0.6 is 0 Å². The van der Waals surface area contributed by atoms with Gasteiger partial charge in [0.2, 0.25) is 5.91 Å². The molecule has 0 spiro atoms. The van der Waals surface area contributed by atoms with Crippen molar-refractivity contribution in [2.75, 3.05) is 38.6 Å². The van der Waals surface area contributed by atoms with Crippen LogP contribution in [0.4, 0.5) is 45.6 Å². The monoisotopic (exact) mass is 642 g/mol. The van der Waals surface area contributed by atoms with Crippen LogP contribution in [0.1, 0.15) is 33.0 Å². The third kappa shape index (κ3) is 7.52. The number of benzene rings is 3. The van der Waals surface area contributed by atoms with Crippen LogP contribution in [0.3, 0.4) is 0 Å². The Morgan fingerprint density at radius 2 is 1.42 bits per heavy atom. The smallest absolute Gasteiger partial charge is 0.343 e. The molecule has 2 atom stereocenters. The van der Waals surface area contributed by atoms with Gasteiger partial charge in [-0.3, -0.25) is 14.5 Å². The number of carbonyl (C=O) groups is 3. The molecule has 4 rings (SSSR count). The number of carbonyl (C=O) groups excluding carboxylic acids is 3. The van der Waals surface area contributed by atoms with Crippen LogP contribution in [0.25, 0.3) is 0 Å². The second-order valence-electron chi connectivity index (χ2n) is 10.4. The highest BCUT2D eigenvalue weighted by atomic mass is 19.4.